The van der Waals surface area contributed by atoms with Crippen molar-refractivity contribution in [1.29, 1.82) is 0 Å². The van der Waals surface area contributed by atoms with Crippen molar-refractivity contribution >= 4 is 17.9 Å². The van der Waals surface area contributed by atoms with Crippen LogP contribution in [0.15, 0.2) is 12.0 Å². The average molecular weight is 161 g/mol. The van der Waals surface area contributed by atoms with E-state index in [2.05, 4.69) is 6.58 Å². The Hall–Kier alpha value is -0.440. The van der Waals surface area contributed by atoms with Crippen LogP contribution in [0.4, 0.5) is 0 Å². The molecule has 0 fully saturated rings. The van der Waals surface area contributed by atoms with E-state index in [-0.39, 0.29) is 5.91 Å². The van der Waals surface area contributed by atoms with Gasteiger partial charge in [-0.25, -0.2) is 0 Å². The molecule has 0 radical (unpaired) electrons. The normalized spacial score (nSPS) is 7.20. The summed E-state index contributed by atoms with van der Waals surface area (Å²) in [5.74, 6) is 0.0369. The van der Waals surface area contributed by atoms with Crippen molar-refractivity contribution in [1.82, 2.24) is 4.31 Å². The minimum atomic E-state index is 0.0369. The van der Waals surface area contributed by atoms with Crippen LogP contribution in [-0.2, 0) is 4.79 Å². The zero-order valence-corrected chi connectivity index (χ0v) is 7.86. The highest BCUT2D eigenvalue weighted by atomic mass is 32.2. The molecule has 1 amide bonds. The Labute approximate surface area is 67.4 Å². The van der Waals surface area contributed by atoms with Crippen molar-refractivity contribution in [2.75, 3.05) is 7.05 Å². The van der Waals surface area contributed by atoms with Crippen molar-refractivity contribution in [2.45, 2.75) is 20.8 Å². The molecule has 0 atom stereocenters. The highest BCUT2D eigenvalue weighted by Gasteiger charge is 1.96. The second-order valence-electron chi connectivity index (χ2n) is 1.29. The number of carbonyl (C=O) groups excluding carboxylic acids is 1. The molecule has 0 aromatic rings. The Kier molecular flexibility index (Phi) is 10.5. The maximum absolute atomic E-state index is 10.4. The van der Waals surface area contributed by atoms with E-state index in [1.807, 2.05) is 13.8 Å². The van der Waals surface area contributed by atoms with Crippen LogP contribution in [0.5, 0.6) is 0 Å². The molecule has 2 nitrogen and oxygen atoms in total. The van der Waals surface area contributed by atoms with Gasteiger partial charge in [-0.1, -0.05) is 20.4 Å². The second-order valence-corrected chi connectivity index (χ2v) is 2.38. The first-order valence-corrected chi connectivity index (χ1v) is 4.04. The van der Waals surface area contributed by atoms with Crippen LogP contribution in [-0.4, -0.2) is 17.3 Å². The topological polar surface area (TPSA) is 20.3 Å². The summed E-state index contributed by atoms with van der Waals surface area (Å²) in [7, 11) is 1.70. The summed E-state index contributed by atoms with van der Waals surface area (Å²) in [6, 6.07) is 0. The van der Waals surface area contributed by atoms with Gasteiger partial charge in [0.1, 0.15) is 0 Å². The minimum Gasteiger partial charge on any atom is -0.286 e. The SMILES string of the molecule is C=CSN(C)C(C)=O.CC. The number of hydrogen-bond acceptors (Lipinski definition) is 2. The first-order valence-electron chi connectivity index (χ1n) is 3.20. The van der Waals surface area contributed by atoms with E-state index in [0.29, 0.717) is 0 Å². The Bertz CT molecular complexity index is 104. The average Bonchev–Trinajstić information content (AvgIpc) is 1.93. The van der Waals surface area contributed by atoms with E-state index >= 15 is 0 Å². The predicted molar refractivity (Wildman–Crippen MR) is 47.6 cm³/mol. The van der Waals surface area contributed by atoms with E-state index in [1.165, 1.54) is 23.2 Å². The number of amides is 1. The van der Waals surface area contributed by atoms with Crippen LogP contribution >= 0.6 is 11.9 Å². The molecule has 0 aromatic heterocycles. The fraction of sp³-hybridized carbons (Fsp3) is 0.571. The third-order valence-electron chi connectivity index (χ3n) is 0.676. The summed E-state index contributed by atoms with van der Waals surface area (Å²) in [6.07, 6.45) is 0. The van der Waals surface area contributed by atoms with Crippen molar-refractivity contribution in [2.24, 2.45) is 0 Å². The van der Waals surface area contributed by atoms with Crippen molar-refractivity contribution in [3.63, 3.8) is 0 Å². The van der Waals surface area contributed by atoms with E-state index in [0.717, 1.165) is 0 Å². The van der Waals surface area contributed by atoms with Crippen LogP contribution < -0.4 is 0 Å². The smallest absolute Gasteiger partial charge is 0.229 e. The van der Waals surface area contributed by atoms with Crippen molar-refractivity contribution in [3.05, 3.63) is 12.0 Å². The van der Waals surface area contributed by atoms with E-state index in [4.69, 9.17) is 0 Å². The van der Waals surface area contributed by atoms with Gasteiger partial charge in [0, 0.05) is 14.0 Å². The lowest BCUT2D eigenvalue weighted by atomic mass is 10.7. The highest BCUT2D eigenvalue weighted by Crippen LogP contribution is 2.05. The molecular formula is C7H15NOS. The number of rotatable bonds is 2. The first kappa shape index (κ1) is 12.3. The Morgan fingerprint density at radius 1 is 1.60 bits per heavy atom. The van der Waals surface area contributed by atoms with Gasteiger partial charge in [-0.15, -0.1) is 0 Å². The molecule has 0 heterocycles. The van der Waals surface area contributed by atoms with Crippen molar-refractivity contribution in [3.8, 4) is 0 Å². The standard InChI is InChI=1S/C5H9NOS.C2H6/c1-4-8-6(3)5(2)7;1-2/h4H,1H2,2-3H3;1-2H3. The molecule has 60 valence electrons. The maximum atomic E-state index is 10.4. The molecule has 0 N–H and O–H groups in total. The molecule has 10 heavy (non-hydrogen) atoms. The number of nitrogens with zero attached hydrogens (tertiary/aromatic N) is 1. The zero-order chi connectivity index (χ0) is 8.57. The maximum Gasteiger partial charge on any atom is 0.229 e. The molecule has 0 saturated heterocycles. The molecule has 0 aliphatic carbocycles. The zero-order valence-electron chi connectivity index (χ0n) is 7.05. The summed E-state index contributed by atoms with van der Waals surface area (Å²) in [4.78, 5) is 10.4. The van der Waals surface area contributed by atoms with Gasteiger partial charge in [0.25, 0.3) is 0 Å². The molecule has 0 unspecified atom stereocenters. The van der Waals surface area contributed by atoms with E-state index in [9.17, 15) is 4.79 Å². The number of carbonyl (C=O) groups is 1. The monoisotopic (exact) mass is 161 g/mol. The summed E-state index contributed by atoms with van der Waals surface area (Å²) in [6.45, 7) is 8.96. The summed E-state index contributed by atoms with van der Waals surface area (Å²) < 4.78 is 1.51. The van der Waals surface area contributed by atoms with Gasteiger partial charge < -0.3 is 0 Å². The summed E-state index contributed by atoms with van der Waals surface area (Å²) in [5, 5.41) is 1.61. The molecule has 0 saturated carbocycles. The molecular weight excluding hydrogens is 146 g/mol. The van der Waals surface area contributed by atoms with Gasteiger partial charge in [-0.2, -0.15) is 0 Å². The van der Waals surface area contributed by atoms with Gasteiger partial charge in [0.15, 0.2) is 0 Å². The molecule has 0 aromatic carbocycles. The highest BCUT2D eigenvalue weighted by molar-refractivity contribution is 8.00. The Morgan fingerprint density at radius 2 is 2.00 bits per heavy atom. The van der Waals surface area contributed by atoms with Gasteiger partial charge in [-0.3, -0.25) is 9.10 Å². The van der Waals surface area contributed by atoms with Gasteiger partial charge in [-0.05, 0) is 17.4 Å². The molecule has 0 spiro atoms. The third-order valence-corrected chi connectivity index (χ3v) is 1.40. The van der Waals surface area contributed by atoms with Gasteiger partial charge in [0.05, 0.1) is 0 Å². The van der Waals surface area contributed by atoms with E-state index in [1.54, 1.807) is 12.5 Å². The van der Waals surface area contributed by atoms with Crippen molar-refractivity contribution < 1.29 is 4.79 Å². The lowest BCUT2D eigenvalue weighted by molar-refractivity contribution is -0.122. The number of hydrogen-bond donors (Lipinski definition) is 0. The van der Waals surface area contributed by atoms with Crippen LogP contribution in [0.1, 0.15) is 20.8 Å². The van der Waals surface area contributed by atoms with Crippen LogP contribution in [0.2, 0.25) is 0 Å². The van der Waals surface area contributed by atoms with Gasteiger partial charge >= 0.3 is 0 Å². The van der Waals surface area contributed by atoms with E-state index < -0.39 is 0 Å². The predicted octanol–water partition coefficient (Wildman–Crippen LogP) is 2.28. The minimum absolute atomic E-state index is 0.0369. The largest absolute Gasteiger partial charge is 0.286 e. The molecule has 0 bridgehead atoms. The Balaban J connectivity index is 0. The lowest BCUT2D eigenvalue weighted by Gasteiger charge is -2.07. The fourth-order valence-electron chi connectivity index (χ4n) is 0.186. The molecule has 3 heteroatoms. The molecule has 0 rings (SSSR count). The summed E-state index contributed by atoms with van der Waals surface area (Å²) >= 11 is 1.29. The fourth-order valence-corrected chi connectivity index (χ4v) is 0.558. The quantitative estimate of drug-likeness (QED) is 0.579. The van der Waals surface area contributed by atoms with Gasteiger partial charge in [0.2, 0.25) is 5.91 Å². The van der Waals surface area contributed by atoms with Crippen LogP contribution in [0.25, 0.3) is 0 Å². The lowest BCUT2D eigenvalue weighted by Crippen LogP contribution is -2.13. The third kappa shape index (κ3) is 7.56. The second kappa shape index (κ2) is 8.56. The summed E-state index contributed by atoms with van der Waals surface area (Å²) in [5.41, 5.74) is 0. The van der Waals surface area contributed by atoms with Crippen LogP contribution in [0, 0.1) is 0 Å². The Morgan fingerprint density at radius 3 is 2.10 bits per heavy atom. The molecule has 0 aliphatic heterocycles. The molecule has 0 aliphatic rings. The van der Waals surface area contributed by atoms with Crippen LogP contribution in [0.3, 0.4) is 0 Å². The first-order chi connectivity index (χ1) is 4.68.